The van der Waals surface area contributed by atoms with Crippen LogP contribution in [0.5, 0.6) is 11.5 Å². The number of hydrazone groups is 1. The summed E-state index contributed by atoms with van der Waals surface area (Å²) in [6.45, 7) is 0.166. The van der Waals surface area contributed by atoms with Gasteiger partial charge in [0.1, 0.15) is 0 Å². The highest BCUT2D eigenvalue weighted by Gasteiger charge is 2.15. The van der Waals surface area contributed by atoms with Gasteiger partial charge in [-0.05, 0) is 30.3 Å². The molecule has 0 saturated heterocycles. The van der Waals surface area contributed by atoms with Crippen LogP contribution in [0.15, 0.2) is 41.5 Å². The predicted octanol–water partition coefficient (Wildman–Crippen LogP) is 3.49. The Morgan fingerprint density at radius 1 is 1.14 bits per heavy atom. The van der Waals surface area contributed by atoms with E-state index in [1.807, 2.05) is 0 Å². The standard InChI is InChI=1S/C15H10Cl2N2O3/c16-11-3-1-9(2-4-11)15(20)19-18-7-10-5-13-14(6-12(10)17)22-8-21-13/h1-7H,8H2,(H,19,20). The summed E-state index contributed by atoms with van der Waals surface area (Å²) in [5, 5.41) is 4.90. The molecule has 112 valence electrons. The summed E-state index contributed by atoms with van der Waals surface area (Å²) in [7, 11) is 0. The molecule has 0 radical (unpaired) electrons. The number of rotatable bonds is 3. The predicted molar refractivity (Wildman–Crippen MR) is 84.1 cm³/mol. The van der Waals surface area contributed by atoms with E-state index in [4.69, 9.17) is 32.7 Å². The molecule has 7 heteroatoms. The SMILES string of the molecule is O=C(NN=Cc1cc2c(cc1Cl)OCO2)c1ccc(Cl)cc1. The Bertz CT molecular complexity index is 745. The van der Waals surface area contributed by atoms with Crippen LogP contribution in [0.2, 0.25) is 10.0 Å². The lowest BCUT2D eigenvalue weighted by atomic mass is 10.2. The van der Waals surface area contributed by atoms with E-state index >= 15 is 0 Å². The third-order valence-electron chi connectivity index (χ3n) is 2.97. The first kappa shape index (κ1) is 14.7. The number of benzene rings is 2. The molecule has 3 rings (SSSR count). The Balaban J connectivity index is 1.70. The van der Waals surface area contributed by atoms with Gasteiger partial charge in [0.15, 0.2) is 11.5 Å². The van der Waals surface area contributed by atoms with Crippen molar-refractivity contribution >= 4 is 35.3 Å². The van der Waals surface area contributed by atoms with Gasteiger partial charge < -0.3 is 9.47 Å². The van der Waals surface area contributed by atoms with Crippen molar-refractivity contribution in [2.24, 2.45) is 5.10 Å². The Morgan fingerprint density at radius 3 is 2.55 bits per heavy atom. The first-order valence-corrected chi connectivity index (χ1v) is 7.07. The molecule has 0 aliphatic carbocycles. The van der Waals surface area contributed by atoms with Gasteiger partial charge in [0.05, 0.1) is 11.2 Å². The van der Waals surface area contributed by atoms with E-state index in [1.54, 1.807) is 36.4 Å². The number of ether oxygens (including phenoxy) is 2. The third kappa shape index (κ3) is 3.16. The molecule has 0 spiro atoms. The highest BCUT2D eigenvalue weighted by atomic mass is 35.5. The summed E-state index contributed by atoms with van der Waals surface area (Å²) < 4.78 is 10.5. The molecule has 1 N–H and O–H groups in total. The van der Waals surface area contributed by atoms with Crippen molar-refractivity contribution in [3.8, 4) is 11.5 Å². The molecule has 2 aromatic rings. The van der Waals surface area contributed by atoms with E-state index in [9.17, 15) is 4.79 Å². The van der Waals surface area contributed by atoms with Gasteiger partial charge in [-0.25, -0.2) is 5.43 Å². The summed E-state index contributed by atoms with van der Waals surface area (Å²) in [5.74, 6) is 0.840. The van der Waals surface area contributed by atoms with Crippen molar-refractivity contribution < 1.29 is 14.3 Å². The zero-order valence-corrected chi connectivity index (χ0v) is 12.7. The fourth-order valence-electron chi connectivity index (χ4n) is 1.86. The second kappa shape index (κ2) is 6.25. The van der Waals surface area contributed by atoms with Crippen molar-refractivity contribution in [3.63, 3.8) is 0 Å². The summed E-state index contributed by atoms with van der Waals surface area (Å²) in [5.41, 5.74) is 3.49. The number of hydrogen-bond acceptors (Lipinski definition) is 4. The molecular weight excluding hydrogens is 327 g/mol. The topological polar surface area (TPSA) is 59.9 Å². The number of halogens is 2. The highest BCUT2D eigenvalue weighted by Crippen LogP contribution is 2.36. The largest absolute Gasteiger partial charge is 0.454 e. The van der Waals surface area contributed by atoms with Crippen LogP contribution in [0.25, 0.3) is 0 Å². The van der Waals surface area contributed by atoms with Crippen molar-refractivity contribution in [2.45, 2.75) is 0 Å². The maximum Gasteiger partial charge on any atom is 0.271 e. The Labute approximate surface area is 136 Å². The zero-order valence-electron chi connectivity index (χ0n) is 11.2. The summed E-state index contributed by atoms with van der Waals surface area (Å²) in [6.07, 6.45) is 1.44. The molecule has 1 aliphatic heterocycles. The van der Waals surface area contributed by atoms with Crippen LogP contribution in [0, 0.1) is 0 Å². The van der Waals surface area contributed by atoms with E-state index in [0.717, 1.165) is 0 Å². The molecule has 0 bridgehead atoms. The molecule has 2 aromatic carbocycles. The van der Waals surface area contributed by atoms with Crippen molar-refractivity contribution in [1.82, 2.24) is 5.43 Å². The van der Waals surface area contributed by atoms with Gasteiger partial charge in [0.2, 0.25) is 6.79 Å². The van der Waals surface area contributed by atoms with Gasteiger partial charge in [-0.2, -0.15) is 5.10 Å². The van der Waals surface area contributed by atoms with Crippen LogP contribution in [-0.2, 0) is 0 Å². The van der Waals surface area contributed by atoms with E-state index in [-0.39, 0.29) is 12.7 Å². The van der Waals surface area contributed by atoms with Gasteiger partial charge >= 0.3 is 0 Å². The third-order valence-corrected chi connectivity index (χ3v) is 3.55. The molecule has 0 atom stereocenters. The fourth-order valence-corrected chi connectivity index (χ4v) is 2.19. The number of nitrogens with zero attached hydrogens (tertiary/aromatic N) is 1. The monoisotopic (exact) mass is 336 g/mol. The number of fused-ring (bicyclic) bond motifs is 1. The van der Waals surface area contributed by atoms with Crippen LogP contribution in [0.4, 0.5) is 0 Å². The minimum atomic E-state index is -0.343. The molecule has 0 saturated carbocycles. The lowest BCUT2D eigenvalue weighted by Gasteiger charge is -2.02. The summed E-state index contributed by atoms with van der Waals surface area (Å²) in [4.78, 5) is 11.9. The summed E-state index contributed by atoms with van der Waals surface area (Å²) >= 11 is 11.9. The maximum absolute atomic E-state index is 11.9. The number of hydrogen-bond donors (Lipinski definition) is 1. The van der Waals surface area contributed by atoms with Crippen molar-refractivity contribution in [3.05, 3.63) is 57.6 Å². The average Bonchev–Trinajstić information content (AvgIpc) is 2.95. The minimum absolute atomic E-state index is 0.166. The second-order valence-corrected chi connectivity index (χ2v) is 5.28. The first-order chi connectivity index (χ1) is 10.6. The molecule has 1 aliphatic rings. The number of carbonyl (C=O) groups excluding carboxylic acids is 1. The molecule has 0 aromatic heterocycles. The lowest BCUT2D eigenvalue weighted by Crippen LogP contribution is -2.17. The molecule has 1 heterocycles. The first-order valence-electron chi connectivity index (χ1n) is 6.31. The number of nitrogens with one attached hydrogen (secondary N) is 1. The van der Waals surface area contributed by atoms with Crippen LogP contribution in [0.3, 0.4) is 0 Å². The molecule has 22 heavy (non-hydrogen) atoms. The van der Waals surface area contributed by atoms with Gasteiger partial charge in [-0.15, -0.1) is 0 Å². The highest BCUT2D eigenvalue weighted by molar-refractivity contribution is 6.33. The van der Waals surface area contributed by atoms with Crippen LogP contribution < -0.4 is 14.9 Å². The van der Waals surface area contributed by atoms with Crippen LogP contribution in [-0.4, -0.2) is 18.9 Å². The van der Waals surface area contributed by atoms with Gasteiger partial charge in [0.25, 0.3) is 5.91 Å². The van der Waals surface area contributed by atoms with E-state index in [1.165, 1.54) is 6.21 Å². The normalized spacial score (nSPS) is 12.6. The maximum atomic E-state index is 11.9. The average molecular weight is 337 g/mol. The Kier molecular flexibility index (Phi) is 4.18. The molecule has 1 amide bonds. The van der Waals surface area contributed by atoms with Gasteiger partial charge in [-0.3, -0.25) is 4.79 Å². The quantitative estimate of drug-likeness (QED) is 0.689. The van der Waals surface area contributed by atoms with Crippen molar-refractivity contribution in [1.29, 1.82) is 0 Å². The zero-order chi connectivity index (χ0) is 15.5. The molecule has 5 nitrogen and oxygen atoms in total. The summed E-state index contributed by atoms with van der Waals surface area (Å²) in [6, 6.07) is 9.83. The minimum Gasteiger partial charge on any atom is -0.454 e. The smallest absolute Gasteiger partial charge is 0.271 e. The van der Waals surface area contributed by atoms with E-state index in [0.29, 0.717) is 32.7 Å². The van der Waals surface area contributed by atoms with Crippen LogP contribution >= 0.6 is 23.2 Å². The second-order valence-electron chi connectivity index (χ2n) is 4.43. The number of carbonyl (C=O) groups is 1. The molecule has 0 unspecified atom stereocenters. The fraction of sp³-hybridized carbons (Fsp3) is 0.0667. The lowest BCUT2D eigenvalue weighted by molar-refractivity contribution is 0.0955. The molecule has 0 fully saturated rings. The van der Waals surface area contributed by atoms with E-state index < -0.39 is 0 Å². The van der Waals surface area contributed by atoms with Crippen molar-refractivity contribution in [2.75, 3.05) is 6.79 Å². The van der Waals surface area contributed by atoms with Gasteiger partial charge in [0, 0.05) is 22.2 Å². The van der Waals surface area contributed by atoms with Gasteiger partial charge in [-0.1, -0.05) is 23.2 Å². The van der Waals surface area contributed by atoms with E-state index in [2.05, 4.69) is 10.5 Å². The molecular formula is C15H10Cl2N2O3. The Morgan fingerprint density at radius 2 is 1.82 bits per heavy atom. The number of amides is 1. The Hall–Kier alpha value is -2.24. The van der Waals surface area contributed by atoms with Crippen LogP contribution in [0.1, 0.15) is 15.9 Å².